The molecule has 26 heavy (non-hydrogen) atoms. The molecule has 1 heterocycles. The van der Waals surface area contributed by atoms with Gasteiger partial charge in [0.05, 0.1) is 0 Å². The summed E-state index contributed by atoms with van der Waals surface area (Å²) in [6.45, 7) is 0.843. The molecule has 4 heteroatoms. The van der Waals surface area contributed by atoms with Crippen LogP contribution < -0.4 is 10.6 Å². The number of nitrogens with zero attached hydrogens (tertiary/aromatic N) is 1. The maximum Gasteiger partial charge on any atom is 0.251 e. The van der Waals surface area contributed by atoms with E-state index >= 15 is 0 Å². The van der Waals surface area contributed by atoms with Crippen molar-refractivity contribution in [3.63, 3.8) is 0 Å². The molecule has 0 spiro atoms. The molecule has 0 saturated heterocycles. The largest absolute Gasteiger partial charge is 0.370 e. The number of rotatable bonds is 7. The molecule has 0 bridgehead atoms. The summed E-state index contributed by atoms with van der Waals surface area (Å²) in [7, 11) is 0. The predicted molar refractivity (Wildman–Crippen MR) is 106 cm³/mol. The number of hydrogen-bond acceptors (Lipinski definition) is 3. The minimum absolute atomic E-state index is 0.0200. The summed E-state index contributed by atoms with van der Waals surface area (Å²) in [5.41, 5.74) is 2.04. The summed E-state index contributed by atoms with van der Waals surface area (Å²) < 4.78 is 0. The normalized spacial score (nSPS) is 15.2. The molecule has 3 rings (SSSR count). The van der Waals surface area contributed by atoms with Crippen LogP contribution in [-0.4, -0.2) is 23.5 Å². The molecule has 1 fully saturated rings. The van der Waals surface area contributed by atoms with E-state index in [2.05, 4.69) is 39.9 Å². The third-order valence-electron chi connectivity index (χ3n) is 5.00. The molecule has 138 valence electrons. The Morgan fingerprint density at radius 2 is 1.81 bits per heavy atom. The Kier molecular flexibility index (Phi) is 7.05. The number of carbonyl (C=O) groups excluding carboxylic acids is 1. The summed E-state index contributed by atoms with van der Waals surface area (Å²) in [4.78, 5) is 16.9. The van der Waals surface area contributed by atoms with Gasteiger partial charge in [-0.25, -0.2) is 4.98 Å². The smallest absolute Gasteiger partial charge is 0.251 e. The van der Waals surface area contributed by atoms with E-state index in [1.807, 2.05) is 12.1 Å². The van der Waals surface area contributed by atoms with Crippen molar-refractivity contribution in [1.29, 1.82) is 0 Å². The van der Waals surface area contributed by atoms with Crippen molar-refractivity contribution in [3.8, 4) is 0 Å². The summed E-state index contributed by atoms with van der Waals surface area (Å²) in [6, 6.07) is 14.4. The number of nitrogens with one attached hydrogen (secondary N) is 2. The highest BCUT2D eigenvalue weighted by atomic mass is 16.1. The zero-order valence-corrected chi connectivity index (χ0v) is 15.4. The number of amides is 1. The molecule has 2 N–H and O–H groups in total. The number of aryl methyl sites for hydroxylation is 1. The number of pyridine rings is 1. The highest BCUT2D eigenvalue weighted by Crippen LogP contribution is 2.18. The topological polar surface area (TPSA) is 54.0 Å². The Morgan fingerprint density at radius 3 is 2.58 bits per heavy atom. The highest BCUT2D eigenvalue weighted by Gasteiger charge is 2.16. The fourth-order valence-corrected chi connectivity index (χ4v) is 3.51. The van der Waals surface area contributed by atoms with Crippen LogP contribution in [0.25, 0.3) is 0 Å². The Hall–Kier alpha value is -2.36. The first-order valence-electron chi connectivity index (χ1n) is 9.86. The van der Waals surface area contributed by atoms with Crippen LogP contribution >= 0.6 is 0 Å². The minimum Gasteiger partial charge on any atom is -0.370 e. The van der Waals surface area contributed by atoms with Gasteiger partial charge in [0.1, 0.15) is 5.82 Å². The van der Waals surface area contributed by atoms with E-state index in [4.69, 9.17) is 0 Å². The predicted octanol–water partition coefficient (Wildman–Crippen LogP) is 4.58. The molecule has 0 aliphatic heterocycles. The van der Waals surface area contributed by atoms with Gasteiger partial charge >= 0.3 is 0 Å². The molecular formula is C22H29N3O. The first-order valence-corrected chi connectivity index (χ1v) is 9.86. The van der Waals surface area contributed by atoms with E-state index in [1.165, 1.54) is 31.2 Å². The molecule has 1 aromatic carbocycles. The first-order chi connectivity index (χ1) is 12.8. The van der Waals surface area contributed by atoms with E-state index in [9.17, 15) is 4.79 Å². The Bertz CT molecular complexity index is 679. The number of hydrogen-bond donors (Lipinski definition) is 2. The van der Waals surface area contributed by atoms with Crippen molar-refractivity contribution in [1.82, 2.24) is 10.3 Å². The van der Waals surface area contributed by atoms with E-state index in [0.717, 1.165) is 38.0 Å². The van der Waals surface area contributed by atoms with Crippen molar-refractivity contribution < 1.29 is 4.79 Å². The van der Waals surface area contributed by atoms with Gasteiger partial charge in [-0.2, -0.15) is 0 Å². The SMILES string of the molecule is O=C(NC1CCCCCC1)c1ccnc(NCCCc2ccccc2)c1. The Balaban J connectivity index is 1.46. The van der Waals surface area contributed by atoms with Crippen LogP contribution in [0.4, 0.5) is 5.82 Å². The molecule has 1 aromatic heterocycles. The number of carbonyl (C=O) groups is 1. The van der Waals surface area contributed by atoms with Crippen molar-refractivity contribution in [2.75, 3.05) is 11.9 Å². The van der Waals surface area contributed by atoms with Gasteiger partial charge < -0.3 is 10.6 Å². The molecule has 1 aliphatic carbocycles. The van der Waals surface area contributed by atoms with Crippen LogP contribution in [0.5, 0.6) is 0 Å². The quantitative estimate of drug-likeness (QED) is 0.567. The van der Waals surface area contributed by atoms with E-state index in [-0.39, 0.29) is 5.91 Å². The van der Waals surface area contributed by atoms with Crippen LogP contribution in [0.2, 0.25) is 0 Å². The molecule has 0 unspecified atom stereocenters. The molecule has 1 aliphatic rings. The van der Waals surface area contributed by atoms with Crippen molar-refractivity contribution >= 4 is 11.7 Å². The lowest BCUT2D eigenvalue weighted by molar-refractivity contribution is 0.0933. The first kappa shape index (κ1) is 18.4. The average molecular weight is 351 g/mol. The van der Waals surface area contributed by atoms with Gasteiger partial charge in [-0.05, 0) is 43.4 Å². The van der Waals surface area contributed by atoms with Crippen molar-refractivity contribution in [2.24, 2.45) is 0 Å². The standard InChI is InChI=1S/C22H29N3O/c26-22(25-20-12-6-1-2-7-13-20)19-14-16-24-21(17-19)23-15-8-11-18-9-4-3-5-10-18/h3-5,9-10,14,16-17,20H,1-2,6-8,11-13,15H2,(H,23,24)(H,25,26). The van der Waals surface area contributed by atoms with E-state index < -0.39 is 0 Å². The molecule has 1 amide bonds. The van der Waals surface area contributed by atoms with Crippen LogP contribution in [0.3, 0.4) is 0 Å². The maximum atomic E-state index is 12.5. The van der Waals surface area contributed by atoms with Gasteiger partial charge in [0, 0.05) is 24.3 Å². The third-order valence-corrected chi connectivity index (χ3v) is 5.00. The summed E-state index contributed by atoms with van der Waals surface area (Å²) in [6.07, 6.45) is 11.0. The fraction of sp³-hybridized carbons (Fsp3) is 0.455. The average Bonchev–Trinajstić information content (AvgIpc) is 2.95. The highest BCUT2D eigenvalue weighted by molar-refractivity contribution is 5.95. The fourth-order valence-electron chi connectivity index (χ4n) is 3.51. The summed E-state index contributed by atoms with van der Waals surface area (Å²) in [5.74, 6) is 0.790. The van der Waals surface area contributed by atoms with Gasteiger partial charge in [-0.15, -0.1) is 0 Å². The second-order valence-electron chi connectivity index (χ2n) is 7.11. The number of aromatic nitrogens is 1. The van der Waals surface area contributed by atoms with Crippen LogP contribution in [0, 0.1) is 0 Å². The number of benzene rings is 1. The lowest BCUT2D eigenvalue weighted by Gasteiger charge is -2.16. The van der Waals surface area contributed by atoms with E-state index in [1.54, 1.807) is 12.3 Å². The monoisotopic (exact) mass is 351 g/mol. The zero-order valence-electron chi connectivity index (χ0n) is 15.4. The van der Waals surface area contributed by atoms with Crippen molar-refractivity contribution in [2.45, 2.75) is 57.4 Å². The van der Waals surface area contributed by atoms with Gasteiger partial charge in [0.25, 0.3) is 5.91 Å². The second kappa shape index (κ2) is 9.95. The molecule has 0 radical (unpaired) electrons. The molecule has 1 saturated carbocycles. The van der Waals surface area contributed by atoms with Gasteiger partial charge in [0.2, 0.25) is 0 Å². The maximum absolute atomic E-state index is 12.5. The minimum atomic E-state index is 0.0200. The molecule has 4 nitrogen and oxygen atoms in total. The molecular weight excluding hydrogens is 322 g/mol. The van der Waals surface area contributed by atoms with E-state index in [0.29, 0.717) is 11.6 Å². The van der Waals surface area contributed by atoms with Crippen LogP contribution in [0.15, 0.2) is 48.7 Å². The Morgan fingerprint density at radius 1 is 1.04 bits per heavy atom. The van der Waals surface area contributed by atoms with Gasteiger partial charge in [0.15, 0.2) is 0 Å². The zero-order chi connectivity index (χ0) is 18.0. The lowest BCUT2D eigenvalue weighted by atomic mass is 10.1. The third kappa shape index (κ3) is 5.87. The number of anilines is 1. The van der Waals surface area contributed by atoms with Crippen LogP contribution in [0.1, 0.15) is 60.9 Å². The lowest BCUT2D eigenvalue weighted by Crippen LogP contribution is -2.34. The molecule has 0 atom stereocenters. The van der Waals surface area contributed by atoms with Gasteiger partial charge in [-0.3, -0.25) is 4.79 Å². The second-order valence-corrected chi connectivity index (χ2v) is 7.11. The molecule has 2 aromatic rings. The summed E-state index contributed by atoms with van der Waals surface area (Å²) >= 11 is 0. The van der Waals surface area contributed by atoms with Gasteiger partial charge in [-0.1, -0.05) is 56.0 Å². The summed E-state index contributed by atoms with van der Waals surface area (Å²) in [5, 5.41) is 6.53. The van der Waals surface area contributed by atoms with Crippen LogP contribution in [-0.2, 0) is 6.42 Å². The Labute approximate surface area is 156 Å². The van der Waals surface area contributed by atoms with Crippen molar-refractivity contribution in [3.05, 3.63) is 59.8 Å².